The average Bonchev–Trinajstić information content (AvgIpc) is 3.09. The summed E-state index contributed by atoms with van der Waals surface area (Å²) >= 11 is 0. The molecule has 2 saturated heterocycles. The van der Waals surface area contributed by atoms with Crippen LogP contribution in [0.3, 0.4) is 0 Å². The van der Waals surface area contributed by atoms with E-state index in [9.17, 15) is 4.79 Å². The van der Waals surface area contributed by atoms with Gasteiger partial charge in [0.2, 0.25) is 0 Å². The summed E-state index contributed by atoms with van der Waals surface area (Å²) in [4.78, 5) is 23.3. The molecule has 0 bridgehead atoms. The van der Waals surface area contributed by atoms with Gasteiger partial charge in [0, 0.05) is 57.7 Å². The molecule has 3 heterocycles. The molecule has 2 aliphatic rings. The van der Waals surface area contributed by atoms with E-state index in [4.69, 9.17) is 0 Å². The summed E-state index contributed by atoms with van der Waals surface area (Å²) in [5.74, 6) is 0. The van der Waals surface area contributed by atoms with Gasteiger partial charge in [-0.1, -0.05) is 13.0 Å². The summed E-state index contributed by atoms with van der Waals surface area (Å²) in [5, 5.41) is 3.14. The van der Waals surface area contributed by atoms with Crippen molar-refractivity contribution in [1.29, 1.82) is 0 Å². The SMILES string of the molecule is CCN1CCCC1CNC(=O)N1CCN(Cc2cccnc2)CC1. The molecular weight excluding hydrogens is 302 g/mol. The molecular formula is C18H29N5O. The zero-order chi connectivity index (χ0) is 16.8. The molecule has 24 heavy (non-hydrogen) atoms. The number of rotatable bonds is 5. The minimum Gasteiger partial charge on any atom is -0.336 e. The second-order valence-corrected chi connectivity index (χ2v) is 6.74. The molecule has 1 aromatic heterocycles. The first-order valence-corrected chi connectivity index (χ1v) is 9.14. The molecule has 1 N–H and O–H groups in total. The van der Waals surface area contributed by atoms with Crippen molar-refractivity contribution in [2.45, 2.75) is 32.4 Å². The van der Waals surface area contributed by atoms with Crippen LogP contribution in [-0.4, -0.2) is 77.6 Å². The zero-order valence-electron chi connectivity index (χ0n) is 14.7. The van der Waals surface area contributed by atoms with Gasteiger partial charge in [0.05, 0.1) is 0 Å². The number of hydrogen-bond acceptors (Lipinski definition) is 4. The highest BCUT2D eigenvalue weighted by Gasteiger charge is 2.25. The Morgan fingerprint density at radius 2 is 2.12 bits per heavy atom. The van der Waals surface area contributed by atoms with Gasteiger partial charge in [0.1, 0.15) is 0 Å². The second-order valence-electron chi connectivity index (χ2n) is 6.74. The van der Waals surface area contributed by atoms with Crippen LogP contribution in [0, 0.1) is 0 Å². The minimum atomic E-state index is 0.0963. The Hall–Kier alpha value is -1.66. The van der Waals surface area contributed by atoms with Crippen molar-refractivity contribution in [2.24, 2.45) is 0 Å². The van der Waals surface area contributed by atoms with E-state index >= 15 is 0 Å². The van der Waals surface area contributed by atoms with E-state index in [1.807, 2.05) is 17.2 Å². The number of nitrogens with zero attached hydrogens (tertiary/aromatic N) is 4. The number of carbonyl (C=O) groups is 1. The highest BCUT2D eigenvalue weighted by molar-refractivity contribution is 5.74. The van der Waals surface area contributed by atoms with Crippen molar-refractivity contribution in [1.82, 2.24) is 25.0 Å². The summed E-state index contributed by atoms with van der Waals surface area (Å²) in [6.07, 6.45) is 6.17. The number of urea groups is 1. The Kier molecular flexibility index (Phi) is 6.04. The predicted octanol–water partition coefficient (Wildman–Crippen LogP) is 1.39. The quantitative estimate of drug-likeness (QED) is 0.886. The molecule has 0 aromatic carbocycles. The Morgan fingerprint density at radius 3 is 2.83 bits per heavy atom. The van der Waals surface area contributed by atoms with Crippen LogP contribution in [-0.2, 0) is 6.54 Å². The van der Waals surface area contributed by atoms with Crippen LogP contribution in [0.5, 0.6) is 0 Å². The molecule has 0 spiro atoms. The second kappa shape index (κ2) is 8.44. The Bertz CT molecular complexity index is 515. The maximum atomic E-state index is 12.4. The number of likely N-dealkylation sites (N-methyl/N-ethyl adjacent to an activating group) is 1. The molecule has 6 heteroatoms. The zero-order valence-corrected chi connectivity index (χ0v) is 14.7. The number of likely N-dealkylation sites (tertiary alicyclic amines) is 1. The molecule has 0 radical (unpaired) electrons. The van der Waals surface area contributed by atoms with Gasteiger partial charge in [-0.05, 0) is 37.6 Å². The van der Waals surface area contributed by atoms with E-state index in [-0.39, 0.29) is 6.03 Å². The molecule has 2 amide bonds. The van der Waals surface area contributed by atoms with Gasteiger partial charge in [-0.25, -0.2) is 4.79 Å². The maximum Gasteiger partial charge on any atom is 0.317 e. The first-order chi connectivity index (χ1) is 11.8. The molecule has 0 aliphatic carbocycles. The molecule has 6 nitrogen and oxygen atoms in total. The number of amides is 2. The molecule has 1 aromatic rings. The topological polar surface area (TPSA) is 51.7 Å². The lowest BCUT2D eigenvalue weighted by Crippen LogP contribution is -2.53. The normalized spacial score (nSPS) is 22.7. The fraction of sp³-hybridized carbons (Fsp3) is 0.667. The lowest BCUT2D eigenvalue weighted by atomic mass is 10.2. The molecule has 2 aliphatic heterocycles. The molecule has 1 atom stereocenters. The summed E-state index contributed by atoms with van der Waals surface area (Å²) in [7, 11) is 0. The van der Waals surface area contributed by atoms with Crippen molar-refractivity contribution in [3.8, 4) is 0 Å². The van der Waals surface area contributed by atoms with Gasteiger partial charge in [-0.3, -0.25) is 14.8 Å². The van der Waals surface area contributed by atoms with Crippen LogP contribution in [0.4, 0.5) is 4.79 Å². The van der Waals surface area contributed by atoms with Crippen LogP contribution in [0.15, 0.2) is 24.5 Å². The van der Waals surface area contributed by atoms with Crippen LogP contribution in [0.25, 0.3) is 0 Å². The van der Waals surface area contributed by atoms with E-state index < -0.39 is 0 Å². The first-order valence-electron chi connectivity index (χ1n) is 9.14. The van der Waals surface area contributed by atoms with Crippen molar-refractivity contribution in [2.75, 3.05) is 45.8 Å². The lowest BCUT2D eigenvalue weighted by Gasteiger charge is -2.35. The fourth-order valence-corrected chi connectivity index (χ4v) is 3.72. The Labute approximate surface area is 144 Å². The number of carbonyl (C=O) groups excluding carboxylic acids is 1. The van der Waals surface area contributed by atoms with Gasteiger partial charge in [0.25, 0.3) is 0 Å². The predicted molar refractivity (Wildman–Crippen MR) is 94.8 cm³/mol. The highest BCUT2D eigenvalue weighted by atomic mass is 16.2. The van der Waals surface area contributed by atoms with Crippen LogP contribution >= 0.6 is 0 Å². The van der Waals surface area contributed by atoms with Crippen molar-refractivity contribution in [3.63, 3.8) is 0 Å². The number of nitrogens with one attached hydrogen (secondary N) is 1. The van der Waals surface area contributed by atoms with Crippen LogP contribution in [0.2, 0.25) is 0 Å². The number of pyridine rings is 1. The lowest BCUT2D eigenvalue weighted by molar-refractivity contribution is 0.133. The van der Waals surface area contributed by atoms with E-state index in [1.54, 1.807) is 6.20 Å². The van der Waals surface area contributed by atoms with Gasteiger partial charge < -0.3 is 10.2 Å². The fourth-order valence-electron chi connectivity index (χ4n) is 3.72. The Balaban J connectivity index is 1.39. The van der Waals surface area contributed by atoms with Crippen molar-refractivity contribution >= 4 is 6.03 Å². The third kappa shape index (κ3) is 4.45. The van der Waals surface area contributed by atoms with E-state index in [0.717, 1.165) is 45.8 Å². The smallest absolute Gasteiger partial charge is 0.317 e. The first kappa shape index (κ1) is 17.2. The number of aromatic nitrogens is 1. The van der Waals surface area contributed by atoms with E-state index in [2.05, 4.69) is 33.1 Å². The summed E-state index contributed by atoms with van der Waals surface area (Å²) in [6.45, 7) is 9.58. The van der Waals surface area contributed by atoms with Gasteiger partial charge >= 0.3 is 6.03 Å². The standard InChI is InChI=1S/C18H29N5O/c1-2-22-8-4-6-17(22)14-20-18(24)23-11-9-21(10-12-23)15-16-5-3-7-19-13-16/h3,5,7,13,17H,2,4,6,8-12,14-15H2,1H3,(H,20,24). The summed E-state index contributed by atoms with van der Waals surface area (Å²) in [5.41, 5.74) is 1.23. The third-order valence-corrected chi connectivity index (χ3v) is 5.18. The largest absolute Gasteiger partial charge is 0.336 e. The van der Waals surface area contributed by atoms with Crippen LogP contribution < -0.4 is 5.32 Å². The monoisotopic (exact) mass is 331 g/mol. The maximum absolute atomic E-state index is 12.4. The van der Waals surface area contributed by atoms with Gasteiger partial charge in [-0.2, -0.15) is 0 Å². The van der Waals surface area contributed by atoms with Crippen LogP contribution in [0.1, 0.15) is 25.3 Å². The summed E-state index contributed by atoms with van der Waals surface area (Å²) < 4.78 is 0. The highest BCUT2D eigenvalue weighted by Crippen LogP contribution is 2.15. The van der Waals surface area contributed by atoms with Gasteiger partial charge in [-0.15, -0.1) is 0 Å². The molecule has 0 saturated carbocycles. The molecule has 2 fully saturated rings. The van der Waals surface area contributed by atoms with E-state index in [0.29, 0.717) is 6.04 Å². The average molecular weight is 331 g/mol. The van der Waals surface area contributed by atoms with Gasteiger partial charge in [0.15, 0.2) is 0 Å². The number of hydrogen-bond donors (Lipinski definition) is 1. The summed E-state index contributed by atoms with van der Waals surface area (Å²) in [6, 6.07) is 4.69. The van der Waals surface area contributed by atoms with Crippen molar-refractivity contribution < 1.29 is 4.79 Å². The number of piperazine rings is 1. The van der Waals surface area contributed by atoms with Crippen molar-refractivity contribution in [3.05, 3.63) is 30.1 Å². The van der Waals surface area contributed by atoms with E-state index in [1.165, 1.54) is 24.9 Å². The minimum absolute atomic E-state index is 0.0963. The molecule has 3 rings (SSSR count). The third-order valence-electron chi connectivity index (χ3n) is 5.18. The Morgan fingerprint density at radius 1 is 1.29 bits per heavy atom. The molecule has 132 valence electrons. The molecule has 1 unspecified atom stereocenters.